The van der Waals surface area contributed by atoms with Gasteiger partial charge in [0.1, 0.15) is 18.1 Å². The smallest absolute Gasteiger partial charge is 0.250 e. The van der Waals surface area contributed by atoms with Crippen LogP contribution in [0.5, 0.6) is 0 Å². The SMILES string of the molecule is O=C1CC(Cc2ccccc2)NC(=O)C2CCCN2C(=O)C2C=CCN2C(=O)C(Cc2ccccc2)N1. The van der Waals surface area contributed by atoms with Crippen molar-refractivity contribution in [1.82, 2.24) is 20.4 Å². The molecule has 0 bridgehead atoms. The van der Waals surface area contributed by atoms with Gasteiger partial charge in [0.25, 0.3) is 0 Å². The molecule has 3 aliphatic rings. The molecule has 0 spiro atoms. The summed E-state index contributed by atoms with van der Waals surface area (Å²) in [5, 5.41) is 5.98. The zero-order valence-electron chi connectivity index (χ0n) is 20.7. The first-order valence-corrected chi connectivity index (χ1v) is 12.9. The van der Waals surface area contributed by atoms with E-state index in [-0.39, 0.29) is 36.6 Å². The molecular formula is C29H32N4O4. The van der Waals surface area contributed by atoms with E-state index in [2.05, 4.69) is 10.6 Å². The van der Waals surface area contributed by atoms with Crippen LogP contribution < -0.4 is 10.6 Å². The number of fused-ring (bicyclic) bond motifs is 2. The van der Waals surface area contributed by atoms with Gasteiger partial charge in [-0.1, -0.05) is 72.8 Å². The highest BCUT2D eigenvalue weighted by Crippen LogP contribution is 2.24. The second kappa shape index (κ2) is 11.0. The maximum Gasteiger partial charge on any atom is 0.250 e. The lowest BCUT2D eigenvalue weighted by Crippen LogP contribution is -2.56. The first kappa shape index (κ1) is 24.7. The van der Waals surface area contributed by atoms with Crippen molar-refractivity contribution in [3.05, 3.63) is 83.9 Å². The van der Waals surface area contributed by atoms with Gasteiger partial charge in [0, 0.05) is 32.0 Å². The van der Waals surface area contributed by atoms with Crippen molar-refractivity contribution >= 4 is 23.6 Å². The molecule has 4 amide bonds. The Balaban J connectivity index is 1.47. The number of carbonyl (C=O) groups excluding carboxylic acids is 4. The fraction of sp³-hybridized carbons (Fsp3) is 0.379. The molecule has 37 heavy (non-hydrogen) atoms. The average molecular weight is 501 g/mol. The Kier molecular flexibility index (Phi) is 7.35. The third-order valence-corrected chi connectivity index (χ3v) is 7.35. The molecule has 8 heteroatoms. The minimum absolute atomic E-state index is 0.0293. The molecule has 0 aromatic heterocycles. The predicted molar refractivity (Wildman–Crippen MR) is 138 cm³/mol. The fourth-order valence-electron chi connectivity index (χ4n) is 5.53. The van der Waals surface area contributed by atoms with Crippen LogP contribution in [0.2, 0.25) is 0 Å². The predicted octanol–water partition coefficient (Wildman–Crippen LogP) is 1.60. The first-order valence-electron chi connectivity index (χ1n) is 12.9. The van der Waals surface area contributed by atoms with E-state index >= 15 is 0 Å². The van der Waals surface area contributed by atoms with E-state index in [1.807, 2.05) is 60.7 Å². The van der Waals surface area contributed by atoms with Crippen LogP contribution in [0.15, 0.2) is 72.8 Å². The van der Waals surface area contributed by atoms with Gasteiger partial charge in [0.15, 0.2) is 0 Å². The van der Waals surface area contributed by atoms with E-state index < -0.39 is 24.2 Å². The molecule has 5 rings (SSSR count). The average Bonchev–Trinajstić information content (AvgIpc) is 3.59. The normalized spacial score (nSPS) is 26.5. The Labute approximate surface area is 216 Å². The summed E-state index contributed by atoms with van der Waals surface area (Å²) in [7, 11) is 0. The van der Waals surface area contributed by atoms with Crippen molar-refractivity contribution < 1.29 is 19.2 Å². The number of amides is 4. The maximum atomic E-state index is 13.8. The highest BCUT2D eigenvalue weighted by Gasteiger charge is 2.42. The molecule has 2 saturated heterocycles. The summed E-state index contributed by atoms with van der Waals surface area (Å²) < 4.78 is 0. The van der Waals surface area contributed by atoms with Crippen LogP contribution in [0.3, 0.4) is 0 Å². The quantitative estimate of drug-likeness (QED) is 0.623. The number of nitrogens with one attached hydrogen (secondary N) is 2. The molecule has 2 fully saturated rings. The van der Waals surface area contributed by atoms with E-state index in [4.69, 9.17) is 0 Å². The monoisotopic (exact) mass is 500 g/mol. The van der Waals surface area contributed by atoms with Crippen molar-refractivity contribution in [2.75, 3.05) is 13.1 Å². The van der Waals surface area contributed by atoms with Gasteiger partial charge in [-0.2, -0.15) is 0 Å². The van der Waals surface area contributed by atoms with E-state index in [0.717, 1.165) is 11.1 Å². The Bertz CT molecular complexity index is 1180. The topological polar surface area (TPSA) is 98.8 Å². The Morgan fingerprint density at radius 3 is 2.16 bits per heavy atom. The molecule has 192 valence electrons. The molecular weight excluding hydrogens is 468 g/mol. The van der Waals surface area contributed by atoms with E-state index in [9.17, 15) is 19.2 Å². The van der Waals surface area contributed by atoms with Crippen molar-refractivity contribution in [3.8, 4) is 0 Å². The Morgan fingerprint density at radius 2 is 1.46 bits per heavy atom. The standard InChI is InChI=1S/C29H32N4O4/c34-26-19-22(17-20-9-3-1-4-10-20)30-27(35)24-13-7-15-32(24)29(37)25-14-8-16-33(25)28(36)23(31-26)18-21-11-5-2-6-12-21/h1-6,8-12,14,22-25H,7,13,15-19H2,(H,30,35)(H,31,34). The first-order chi connectivity index (χ1) is 18.0. The summed E-state index contributed by atoms with van der Waals surface area (Å²) in [5.41, 5.74) is 1.90. The summed E-state index contributed by atoms with van der Waals surface area (Å²) >= 11 is 0. The Hall–Kier alpha value is -3.94. The number of hydrogen-bond acceptors (Lipinski definition) is 4. The van der Waals surface area contributed by atoms with Gasteiger partial charge in [-0.25, -0.2) is 0 Å². The van der Waals surface area contributed by atoms with Crippen molar-refractivity contribution in [3.63, 3.8) is 0 Å². The van der Waals surface area contributed by atoms with E-state index in [0.29, 0.717) is 32.2 Å². The number of carbonyl (C=O) groups is 4. The lowest BCUT2D eigenvalue weighted by Gasteiger charge is -2.32. The maximum absolute atomic E-state index is 13.8. The number of nitrogens with zero attached hydrogens (tertiary/aromatic N) is 2. The highest BCUT2D eigenvalue weighted by atomic mass is 16.2. The van der Waals surface area contributed by atoms with Crippen molar-refractivity contribution in [1.29, 1.82) is 0 Å². The van der Waals surface area contributed by atoms with Gasteiger partial charge in [0.05, 0.1) is 0 Å². The molecule has 2 aromatic carbocycles. The van der Waals surface area contributed by atoms with Gasteiger partial charge in [-0.3, -0.25) is 19.2 Å². The molecule has 2 aromatic rings. The fourth-order valence-corrected chi connectivity index (χ4v) is 5.53. The molecule has 3 heterocycles. The number of rotatable bonds is 4. The van der Waals surface area contributed by atoms with Crippen LogP contribution in [0.25, 0.3) is 0 Å². The van der Waals surface area contributed by atoms with Crippen LogP contribution in [0.4, 0.5) is 0 Å². The van der Waals surface area contributed by atoms with Gasteiger partial charge < -0.3 is 20.4 Å². The lowest BCUT2D eigenvalue weighted by atomic mass is 10.0. The number of benzene rings is 2. The van der Waals surface area contributed by atoms with Gasteiger partial charge in [-0.15, -0.1) is 0 Å². The van der Waals surface area contributed by atoms with Crippen LogP contribution in [-0.2, 0) is 32.0 Å². The summed E-state index contributed by atoms with van der Waals surface area (Å²) in [6.07, 6.45) is 5.61. The zero-order chi connectivity index (χ0) is 25.8. The van der Waals surface area contributed by atoms with Crippen LogP contribution in [0, 0.1) is 0 Å². The van der Waals surface area contributed by atoms with E-state index in [1.165, 1.54) is 4.90 Å². The molecule has 3 aliphatic heterocycles. The number of hydrogen-bond donors (Lipinski definition) is 2. The molecule has 4 unspecified atom stereocenters. The molecule has 8 nitrogen and oxygen atoms in total. The van der Waals surface area contributed by atoms with Crippen molar-refractivity contribution in [2.45, 2.75) is 56.3 Å². The minimum Gasteiger partial charge on any atom is -0.351 e. The summed E-state index contributed by atoms with van der Waals surface area (Å²) in [5.74, 6) is -1.11. The van der Waals surface area contributed by atoms with Crippen LogP contribution in [0.1, 0.15) is 30.4 Å². The van der Waals surface area contributed by atoms with E-state index in [1.54, 1.807) is 17.1 Å². The zero-order valence-corrected chi connectivity index (χ0v) is 20.7. The van der Waals surface area contributed by atoms with Crippen LogP contribution >= 0.6 is 0 Å². The third-order valence-electron chi connectivity index (χ3n) is 7.35. The summed E-state index contributed by atoms with van der Waals surface area (Å²) in [4.78, 5) is 57.2. The second-order valence-electron chi connectivity index (χ2n) is 9.96. The minimum atomic E-state index is -0.826. The molecule has 0 radical (unpaired) electrons. The van der Waals surface area contributed by atoms with Crippen LogP contribution in [-0.4, -0.2) is 70.7 Å². The third kappa shape index (κ3) is 5.58. The molecule has 2 N–H and O–H groups in total. The summed E-state index contributed by atoms with van der Waals surface area (Å²) in [6, 6.07) is 16.5. The summed E-state index contributed by atoms with van der Waals surface area (Å²) in [6.45, 7) is 0.759. The molecule has 0 saturated carbocycles. The van der Waals surface area contributed by atoms with Gasteiger partial charge in [-0.05, 0) is 30.4 Å². The largest absolute Gasteiger partial charge is 0.351 e. The second-order valence-corrected chi connectivity index (χ2v) is 9.96. The molecule has 4 atom stereocenters. The van der Waals surface area contributed by atoms with Crippen molar-refractivity contribution in [2.24, 2.45) is 0 Å². The van der Waals surface area contributed by atoms with Gasteiger partial charge >= 0.3 is 0 Å². The highest BCUT2D eigenvalue weighted by molar-refractivity contribution is 5.97. The Morgan fingerprint density at radius 1 is 0.784 bits per heavy atom. The molecule has 0 aliphatic carbocycles. The lowest BCUT2D eigenvalue weighted by molar-refractivity contribution is -0.146. The van der Waals surface area contributed by atoms with Gasteiger partial charge in [0.2, 0.25) is 23.6 Å².